The first-order valence-corrected chi connectivity index (χ1v) is 8.77. The van der Waals surface area contributed by atoms with Gasteiger partial charge in [-0.3, -0.25) is 19.5 Å². The molecule has 6 nitrogen and oxygen atoms in total. The van der Waals surface area contributed by atoms with Gasteiger partial charge in [-0.25, -0.2) is 0 Å². The molecule has 3 heterocycles. The monoisotopic (exact) mass is 330 g/mol. The third kappa shape index (κ3) is 4.19. The molecule has 0 N–H and O–H groups in total. The van der Waals surface area contributed by atoms with E-state index in [0.29, 0.717) is 18.8 Å². The highest BCUT2D eigenvalue weighted by atomic mass is 16.2. The molecule has 2 saturated heterocycles. The van der Waals surface area contributed by atoms with Crippen molar-refractivity contribution in [1.29, 1.82) is 0 Å². The zero-order chi connectivity index (χ0) is 16.9. The van der Waals surface area contributed by atoms with E-state index >= 15 is 0 Å². The molecule has 0 bridgehead atoms. The molecule has 1 aromatic rings. The van der Waals surface area contributed by atoms with E-state index in [1.54, 1.807) is 12.3 Å². The number of carbonyl (C=O) groups is 2. The summed E-state index contributed by atoms with van der Waals surface area (Å²) >= 11 is 0. The lowest BCUT2D eigenvalue weighted by Gasteiger charge is -2.36. The number of Topliss-reactive ketones (excluding diaryl/α,β-unsaturated/α-hetero) is 1. The number of hydrogen-bond donors (Lipinski definition) is 0. The van der Waals surface area contributed by atoms with Crippen LogP contribution in [0.3, 0.4) is 0 Å². The van der Waals surface area contributed by atoms with Crippen molar-refractivity contribution in [2.75, 3.05) is 52.9 Å². The van der Waals surface area contributed by atoms with E-state index in [2.05, 4.69) is 21.8 Å². The van der Waals surface area contributed by atoms with Crippen molar-refractivity contribution in [3.05, 3.63) is 30.1 Å². The van der Waals surface area contributed by atoms with Crippen LogP contribution >= 0.6 is 0 Å². The second kappa shape index (κ2) is 7.85. The molecule has 24 heavy (non-hydrogen) atoms. The molecule has 0 aliphatic carbocycles. The highest BCUT2D eigenvalue weighted by Crippen LogP contribution is 2.20. The van der Waals surface area contributed by atoms with Crippen LogP contribution in [0.2, 0.25) is 0 Å². The van der Waals surface area contributed by atoms with Gasteiger partial charge in [-0.1, -0.05) is 6.07 Å². The highest BCUT2D eigenvalue weighted by Gasteiger charge is 2.29. The van der Waals surface area contributed by atoms with Crippen molar-refractivity contribution in [3.63, 3.8) is 0 Å². The summed E-state index contributed by atoms with van der Waals surface area (Å²) in [7, 11) is 2.08. The van der Waals surface area contributed by atoms with Crippen LogP contribution < -0.4 is 0 Å². The molecule has 0 aromatic carbocycles. The average molecular weight is 330 g/mol. The normalized spacial score (nSPS) is 23.2. The minimum Gasteiger partial charge on any atom is -0.339 e. The van der Waals surface area contributed by atoms with Gasteiger partial charge < -0.3 is 9.80 Å². The summed E-state index contributed by atoms with van der Waals surface area (Å²) in [5.41, 5.74) is 0.537. The molecule has 0 spiro atoms. The lowest BCUT2D eigenvalue weighted by molar-refractivity contribution is -0.134. The molecule has 1 atom stereocenters. The van der Waals surface area contributed by atoms with Gasteiger partial charge in [-0.15, -0.1) is 0 Å². The Kier molecular flexibility index (Phi) is 5.58. The number of likely N-dealkylation sites (N-methyl/N-ethyl adjacent to an activating group) is 1. The lowest BCUT2D eigenvalue weighted by Crippen LogP contribution is -2.51. The van der Waals surface area contributed by atoms with Gasteiger partial charge in [0, 0.05) is 44.8 Å². The van der Waals surface area contributed by atoms with Crippen LogP contribution in [0.15, 0.2) is 24.4 Å². The number of nitrogens with zero attached hydrogens (tertiary/aromatic N) is 4. The number of piperazine rings is 1. The van der Waals surface area contributed by atoms with Crippen LogP contribution in [-0.2, 0) is 4.79 Å². The standard InChI is InChI=1S/C18H26N4O2/c1-20-9-11-22(12-10-20)17(23)14-21-8-4-5-15(13-21)18(24)16-6-2-3-7-19-16/h2-3,6-7,15H,4-5,8-14H2,1H3. The maximum atomic E-state index is 12.6. The molecule has 2 aliphatic rings. The molecule has 1 aromatic heterocycles. The van der Waals surface area contributed by atoms with Crippen LogP contribution in [0.25, 0.3) is 0 Å². The molecule has 2 aliphatic heterocycles. The van der Waals surface area contributed by atoms with Gasteiger partial charge >= 0.3 is 0 Å². The third-order valence-electron chi connectivity index (χ3n) is 5.01. The van der Waals surface area contributed by atoms with Crippen LogP contribution in [-0.4, -0.2) is 84.2 Å². The Balaban J connectivity index is 1.54. The zero-order valence-corrected chi connectivity index (χ0v) is 14.4. The van der Waals surface area contributed by atoms with Crippen LogP contribution in [0, 0.1) is 5.92 Å². The maximum Gasteiger partial charge on any atom is 0.236 e. The fraction of sp³-hybridized carbons (Fsp3) is 0.611. The fourth-order valence-electron chi connectivity index (χ4n) is 3.48. The number of pyridine rings is 1. The molecule has 3 rings (SSSR count). The van der Waals surface area contributed by atoms with E-state index < -0.39 is 0 Å². The van der Waals surface area contributed by atoms with Gasteiger partial charge in [0.1, 0.15) is 5.69 Å². The van der Waals surface area contributed by atoms with E-state index in [1.165, 1.54) is 0 Å². The summed E-state index contributed by atoms with van der Waals surface area (Å²) < 4.78 is 0. The Hall–Kier alpha value is -1.79. The van der Waals surface area contributed by atoms with Crippen molar-refractivity contribution < 1.29 is 9.59 Å². The SMILES string of the molecule is CN1CCN(C(=O)CN2CCCC(C(=O)c3ccccn3)C2)CC1. The van der Waals surface area contributed by atoms with Crippen LogP contribution in [0.4, 0.5) is 0 Å². The number of likely N-dealkylation sites (tertiary alicyclic amines) is 1. The van der Waals surface area contributed by atoms with E-state index in [4.69, 9.17) is 0 Å². The molecule has 1 unspecified atom stereocenters. The average Bonchev–Trinajstić information content (AvgIpc) is 2.62. The van der Waals surface area contributed by atoms with E-state index in [0.717, 1.165) is 45.6 Å². The second-order valence-electron chi connectivity index (χ2n) is 6.84. The van der Waals surface area contributed by atoms with Gasteiger partial charge in [0.25, 0.3) is 0 Å². The topological polar surface area (TPSA) is 56.8 Å². The Morgan fingerprint density at radius 2 is 1.96 bits per heavy atom. The summed E-state index contributed by atoms with van der Waals surface area (Å²) in [6.45, 7) is 5.47. The van der Waals surface area contributed by atoms with Crippen LogP contribution in [0.5, 0.6) is 0 Å². The van der Waals surface area contributed by atoms with Crippen molar-refractivity contribution in [1.82, 2.24) is 19.7 Å². The van der Waals surface area contributed by atoms with E-state index in [9.17, 15) is 9.59 Å². The number of rotatable bonds is 4. The number of hydrogen-bond acceptors (Lipinski definition) is 5. The minimum absolute atomic E-state index is 0.0473. The predicted octanol–water partition coefficient (Wildman–Crippen LogP) is 0.750. The Morgan fingerprint density at radius 3 is 2.67 bits per heavy atom. The van der Waals surface area contributed by atoms with Crippen molar-refractivity contribution >= 4 is 11.7 Å². The molecule has 0 radical (unpaired) electrons. The summed E-state index contributed by atoms with van der Waals surface area (Å²) in [5.74, 6) is 0.246. The van der Waals surface area contributed by atoms with Crippen LogP contribution in [0.1, 0.15) is 23.3 Å². The summed E-state index contributed by atoms with van der Waals surface area (Å²) in [6.07, 6.45) is 3.50. The first-order chi connectivity index (χ1) is 11.6. The molecule has 1 amide bonds. The predicted molar refractivity (Wildman–Crippen MR) is 91.8 cm³/mol. The summed E-state index contributed by atoms with van der Waals surface area (Å²) in [4.78, 5) is 35.6. The first kappa shape index (κ1) is 17.0. The smallest absolute Gasteiger partial charge is 0.236 e. The molecule has 6 heteroatoms. The first-order valence-electron chi connectivity index (χ1n) is 8.77. The molecular weight excluding hydrogens is 304 g/mol. The second-order valence-corrected chi connectivity index (χ2v) is 6.84. The van der Waals surface area contributed by atoms with Gasteiger partial charge in [0.15, 0.2) is 5.78 Å². The van der Waals surface area contributed by atoms with Gasteiger partial charge in [-0.2, -0.15) is 0 Å². The number of ketones is 1. The van der Waals surface area contributed by atoms with Crippen molar-refractivity contribution in [3.8, 4) is 0 Å². The van der Waals surface area contributed by atoms with Gasteiger partial charge in [-0.05, 0) is 38.6 Å². The largest absolute Gasteiger partial charge is 0.339 e. The quantitative estimate of drug-likeness (QED) is 0.763. The molecule has 130 valence electrons. The Bertz CT molecular complexity index is 570. The molecule has 2 fully saturated rings. The molecular formula is C18H26N4O2. The highest BCUT2D eigenvalue weighted by molar-refractivity contribution is 5.96. The van der Waals surface area contributed by atoms with Gasteiger partial charge in [0.2, 0.25) is 5.91 Å². The Labute approximate surface area is 143 Å². The number of aromatic nitrogens is 1. The number of carbonyl (C=O) groups excluding carboxylic acids is 2. The third-order valence-corrected chi connectivity index (χ3v) is 5.01. The maximum absolute atomic E-state index is 12.6. The van der Waals surface area contributed by atoms with Gasteiger partial charge in [0.05, 0.1) is 6.54 Å². The Morgan fingerprint density at radius 1 is 1.17 bits per heavy atom. The van der Waals surface area contributed by atoms with E-state index in [-0.39, 0.29) is 17.6 Å². The summed E-state index contributed by atoms with van der Waals surface area (Å²) in [6, 6.07) is 5.44. The van der Waals surface area contributed by atoms with Crippen molar-refractivity contribution in [2.24, 2.45) is 5.92 Å². The fourth-order valence-corrected chi connectivity index (χ4v) is 3.48. The van der Waals surface area contributed by atoms with Crippen molar-refractivity contribution in [2.45, 2.75) is 12.8 Å². The zero-order valence-electron chi connectivity index (χ0n) is 14.4. The lowest BCUT2D eigenvalue weighted by atomic mass is 9.92. The summed E-state index contributed by atoms with van der Waals surface area (Å²) in [5, 5.41) is 0. The number of amides is 1. The molecule has 0 saturated carbocycles. The number of piperidine rings is 1. The minimum atomic E-state index is -0.0473. The van der Waals surface area contributed by atoms with E-state index in [1.807, 2.05) is 17.0 Å².